The van der Waals surface area contributed by atoms with Gasteiger partial charge in [-0.1, -0.05) is 60.7 Å². The van der Waals surface area contributed by atoms with E-state index in [1.54, 1.807) is 0 Å². The molecule has 3 nitrogen and oxygen atoms in total. The van der Waals surface area contributed by atoms with Crippen molar-refractivity contribution in [3.8, 4) is 0 Å². The van der Waals surface area contributed by atoms with E-state index in [-0.39, 0.29) is 6.10 Å². The molecule has 0 aliphatic carbocycles. The number of ether oxygens (including phenoxy) is 1. The molecular weight excluding hydrogens is 286 g/mol. The molecule has 0 spiro atoms. The lowest BCUT2D eigenvalue weighted by atomic mass is 10.1. The monoisotopic (exact) mass is 313 g/mol. The predicted octanol–water partition coefficient (Wildman–Crippen LogP) is 3.47. The van der Waals surface area contributed by atoms with Crippen molar-refractivity contribution in [1.29, 1.82) is 0 Å². The van der Waals surface area contributed by atoms with Gasteiger partial charge in [-0.05, 0) is 25.0 Å². The standard InChI is InChI=1S/C20H27NO2/c1-17(2)23-16-20(22)15-21(13-18-9-5-3-6-10-18)14-19-11-7-4-8-12-19/h3-12,17,20,22H,13-16H2,1-2H3/t20-/m1/s1. The van der Waals surface area contributed by atoms with Gasteiger partial charge in [0.05, 0.1) is 18.8 Å². The number of aliphatic hydroxyl groups excluding tert-OH is 1. The Hall–Kier alpha value is -1.68. The first-order valence-corrected chi connectivity index (χ1v) is 8.23. The van der Waals surface area contributed by atoms with Crippen LogP contribution in [-0.4, -0.2) is 35.4 Å². The van der Waals surface area contributed by atoms with Gasteiger partial charge in [-0.2, -0.15) is 0 Å². The number of nitrogens with zero attached hydrogens (tertiary/aromatic N) is 1. The highest BCUT2D eigenvalue weighted by Gasteiger charge is 2.14. The molecule has 0 aliphatic heterocycles. The Labute approximate surface area is 139 Å². The Kier molecular flexibility index (Phi) is 7.27. The van der Waals surface area contributed by atoms with Gasteiger partial charge in [-0.25, -0.2) is 0 Å². The molecular formula is C20H27NO2. The topological polar surface area (TPSA) is 32.7 Å². The van der Waals surface area contributed by atoms with E-state index in [9.17, 15) is 5.11 Å². The summed E-state index contributed by atoms with van der Waals surface area (Å²) in [4.78, 5) is 2.26. The highest BCUT2D eigenvalue weighted by Crippen LogP contribution is 2.11. The summed E-state index contributed by atoms with van der Waals surface area (Å²) in [6.07, 6.45) is -0.342. The molecule has 1 atom stereocenters. The number of benzene rings is 2. The fraction of sp³-hybridized carbons (Fsp3) is 0.400. The smallest absolute Gasteiger partial charge is 0.0900 e. The molecule has 0 saturated heterocycles. The van der Waals surface area contributed by atoms with E-state index in [4.69, 9.17) is 4.74 Å². The second-order valence-corrected chi connectivity index (χ2v) is 6.18. The average Bonchev–Trinajstić information content (AvgIpc) is 2.55. The van der Waals surface area contributed by atoms with Crippen LogP contribution in [0.4, 0.5) is 0 Å². The van der Waals surface area contributed by atoms with Crippen molar-refractivity contribution in [2.24, 2.45) is 0 Å². The highest BCUT2D eigenvalue weighted by atomic mass is 16.5. The lowest BCUT2D eigenvalue weighted by Crippen LogP contribution is -2.34. The first-order chi connectivity index (χ1) is 11.1. The van der Waals surface area contributed by atoms with Gasteiger partial charge < -0.3 is 9.84 Å². The van der Waals surface area contributed by atoms with Crippen LogP contribution in [0.3, 0.4) is 0 Å². The Bertz CT molecular complexity index is 501. The van der Waals surface area contributed by atoms with Crippen LogP contribution in [0.25, 0.3) is 0 Å². The largest absolute Gasteiger partial charge is 0.389 e. The summed E-state index contributed by atoms with van der Waals surface area (Å²) in [7, 11) is 0. The van der Waals surface area contributed by atoms with Crippen LogP contribution >= 0.6 is 0 Å². The molecule has 124 valence electrons. The van der Waals surface area contributed by atoms with Crippen LogP contribution in [0.2, 0.25) is 0 Å². The van der Waals surface area contributed by atoms with Gasteiger partial charge >= 0.3 is 0 Å². The summed E-state index contributed by atoms with van der Waals surface area (Å²) in [6.45, 7) is 6.56. The van der Waals surface area contributed by atoms with Gasteiger partial charge in [0.1, 0.15) is 0 Å². The van der Waals surface area contributed by atoms with E-state index in [1.165, 1.54) is 11.1 Å². The minimum absolute atomic E-state index is 0.140. The quantitative estimate of drug-likeness (QED) is 0.769. The molecule has 0 bridgehead atoms. The molecule has 0 heterocycles. The summed E-state index contributed by atoms with van der Waals surface area (Å²) < 4.78 is 5.53. The maximum absolute atomic E-state index is 10.3. The van der Waals surface area contributed by atoms with Gasteiger partial charge in [0.25, 0.3) is 0 Å². The lowest BCUT2D eigenvalue weighted by molar-refractivity contribution is -0.0106. The molecule has 3 heteroatoms. The zero-order valence-corrected chi connectivity index (χ0v) is 14.1. The van der Waals surface area contributed by atoms with Crippen molar-refractivity contribution in [3.63, 3.8) is 0 Å². The molecule has 23 heavy (non-hydrogen) atoms. The van der Waals surface area contributed by atoms with E-state index >= 15 is 0 Å². The van der Waals surface area contributed by atoms with Gasteiger partial charge in [0, 0.05) is 19.6 Å². The Morgan fingerprint density at radius 3 is 1.78 bits per heavy atom. The summed E-state index contributed by atoms with van der Waals surface area (Å²) in [6, 6.07) is 20.7. The van der Waals surface area contributed by atoms with Crippen LogP contribution in [-0.2, 0) is 17.8 Å². The molecule has 0 fully saturated rings. The predicted molar refractivity (Wildman–Crippen MR) is 94.1 cm³/mol. The first-order valence-electron chi connectivity index (χ1n) is 8.23. The van der Waals surface area contributed by atoms with Crippen molar-refractivity contribution in [2.75, 3.05) is 13.2 Å². The fourth-order valence-electron chi connectivity index (χ4n) is 2.52. The van der Waals surface area contributed by atoms with Crippen LogP contribution in [0.1, 0.15) is 25.0 Å². The molecule has 0 aromatic heterocycles. The zero-order valence-electron chi connectivity index (χ0n) is 14.1. The summed E-state index contributed by atoms with van der Waals surface area (Å²) >= 11 is 0. The highest BCUT2D eigenvalue weighted by molar-refractivity contribution is 5.17. The Morgan fingerprint density at radius 2 is 1.35 bits per heavy atom. The first kappa shape index (κ1) is 17.7. The van der Waals surface area contributed by atoms with Crippen molar-refractivity contribution >= 4 is 0 Å². The molecule has 1 N–H and O–H groups in total. The fourth-order valence-corrected chi connectivity index (χ4v) is 2.52. The van der Waals surface area contributed by atoms with E-state index in [0.717, 1.165) is 13.1 Å². The number of aliphatic hydroxyl groups is 1. The van der Waals surface area contributed by atoms with Gasteiger partial charge in [0.2, 0.25) is 0 Å². The van der Waals surface area contributed by atoms with E-state index in [2.05, 4.69) is 29.2 Å². The van der Waals surface area contributed by atoms with Crippen molar-refractivity contribution in [3.05, 3.63) is 71.8 Å². The maximum atomic E-state index is 10.3. The second-order valence-electron chi connectivity index (χ2n) is 6.18. The van der Waals surface area contributed by atoms with Crippen molar-refractivity contribution in [1.82, 2.24) is 4.90 Å². The molecule has 0 amide bonds. The summed E-state index contributed by atoms with van der Waals surface area (Å²) in [5.74, 6) is 0. The Balaban J connectivity index is 1.98. The van der Waals surface area contributed by atoms with E-state index in [0.29, 0.717) is 13.2 Å². The zero-order chi connectivity index (χ0) is 16.5. The van der Waals surface area contributed by atoms with Gasteiger partial charge in [-0.3, -0.25) is 4.90 Å². The summed E-state index contributed by atoms with van der Waals surface area (Å²) in [5, 5.41) is 10.3. The molecule has 0 saturated carbocycles. The SMILES string of the molecule is CC(C)OC[C@H](O)CN(Cc1ccccc1)Cc1ccccc1. The third kappa shape index (κ3) is 6.95. The lowest BCUT2D eigenvalue weighted by Gasteiger charge is -2.25. The molecule has 2 rings (SSSR count). The molecule has 0 unspecified atom stereocenters. The average molecular weight is 313 g/mol. The van der Waals surface area contributed by atoms with Crippen LogP contribution in [0.5, 0.6) is 0 Å². The summed E-state index contributed by atoms with van der Waals surface area (Å²) in [5.41, 5.74) is 2.50. The molecule has 2 aromatic carbocycles. The number of rotatable bonds is 9. The van der Waals surface area contributed by atoms with E-state index < -0.39 is 6.10 Å². The minimum Gasteiger partial charge on any atom is -0.389 e. The van der Waals surface area contributed by atoms with Crippen LogP contribution in [0.15, 0.2) is 60.7 Å². The third-order valence-corrected chi connectivity index (χ3v) is 3.59. The maximum Gasteiger partial charge on any atom is 0.0900 e. The number of hydrogen-bond acceptors (Lipinski definition) is 3. The van der Waals surface area contributed by atoms with Crippen LogP contribution < -0.4 is 0 Å². The minimum atomic E-state index is -0.482. The molecule has 0 aliphatic rings. The normalized spacial score (nSPS) is 12.7. The van der Waals surface area contributed by atoms with Gasteiger partial charge in [0.15, 0.2) is 0 Å². The van der Waals surface area contributed by atoms with Crippen molar-refractivity contribution in [2.45, 2.75) is 39.1 Å². The van der Waals surface area contributed by atoms with E-state index in [1.807, 2.05) is 50.2 Å². The Morgan fingerprint density at radius 1 is 0.870 bits per heavy atom. The second kappa shape index (κ2) is 9.46. The molecule has 0 radical (unpaired) electrons. The molecule has 2 aromatic rings. The third-order valence-electron chi connectivity index (χ3n) is 3.59. The number of hydrogen-bond donors (Lipinski definition) is 1. The van der Waals surface area contributed by atoms with Crippen LogP contribution in [0, 0.1) is 0 Å². The van der Waals surface area contributed by atoms with Crippen molar-refractivity contribution < 1.29 is 9.84 Å². The van der Waals surface area contributed by atoms with Gasteiger partial charge in [-0.15, -0.1) is 0 Å².